The van der Waals surface area contributed by atoms with E-state index in [9.17, 15) is 31.4 Å². The van der Waals surface area contributed by atoms with Gasteiger partial charge in [-0.15, -0.1) is 0 Å². The predicted octanol–water partition coefficient (Wildman–Crippen LogP) is 4.23. The summed E-state index contributed by atoms with van der Waals surface area (Å²) in [5, 5.41) is 15.1. The predicted molar refractivity (Wildman–Crippen MR) is 110 cm³/mol. The first-order valence-electron chi connectivity index (χ1n) is 9.70. The van der Waals surface area contributed by atoms with E-state index < -0.39 is 24.5 Å². The average Bonchev–Trinajstić information content (AvgIpc) is 3.11. The van der Waals surface area contributed by atoms with Crippen LogP contribution in [0, 0.1) is 0 Å². The fraction of sp³-hybridized carbons (Fsp3) is 0.286. The van der Waals surface area contributed by atoms with Crippen LogP contribution in [0.25, 0.3) is 33.1 Å². The van der Waals surface area contributed by atoms with E-state index in [-0.39, 0.29) is 22.5 Å². The van der Waals surface area contributed by atoms with Gasteiger partial charge < -0.3 is 15.6 Å². The molecule has 0 aliphatic rings. The Morgan fingerprint density at radius 3 is 2.26 bits per heavy atom. The molecule has 0 saturated carbocycles. The summed E-state index contributed by atoms with van der Waals surface area (Å²) in [6.45, 7) is -1.58. The molecule has 0 aliphatic carbocycles. The molecule has 0 aliphatic heterocycles. The first-order chi connectivity index (χ1) is 15.9. The number of anilines is 1. The summed E-state index contributed by atoms with van der Waals surface area (Å²) >= 11 is 0. The molecule has 13 heteroatoms. The van der Waals surface area contributed by atoms with Crippen LogP contribution >= 0.6 is 0 Å². The number of nitrogens with zero attached hydrogens (tertiary/aromatic N) is 4. The number of aromatic nitrogens is 4. The van der Waals surface area contributed by atoms with Crippen LogP contribution in [0.5, 0.6) is 0 Å². The van der Waals surface area contributed by atoms with E-state index in [1.54, 1.807) is 31.4 Å². The highest BCUT2D eigenvalue weighted by Gasteiger charge is 2.70. The number of hydrogen-bond acceptors (Lipinski definition) is 6. The molecule has 7 nitrogen and oxygen atoms in total. The second kappa shape index (κ2) is 8.09. The highest BCUT2D eigenvalue weighted by Crippen LogP contribution is 2.45. The van der Waals surface area contributed by atoms with Crippen LogP contribution in [0.4, 0.5) is 32.2 Å². The lowest BCUT2D eigenvalue weighted by Crippen LogP contribution is -2.59. The zero-order valence-electron chi connectivity index (χ0n) is 17.4. The van der Waals surface area contributed by atoms with Crippen molar-refractivity contribution in [2.24, 2.45) is 0 Å². The normalized spacial score (nSPS) is 13.2. The number of halogens is 6. The molecule has 34 heavy (non-hydrogen) atoms. The number of hydrogen-bond donors (Lipinski definition) is 2. The van der Waals surface area contributed by atoms with Crippen LogP contribution < -0.4 is 5.73 Å². The zero-order valence-corrected chi connectivity index (χ0v) is 17.4. The number of alkyl halides is 6. The monoisotopic (exact) mass is 485 g/mol. The number of aliphatic hydroxyl groups is 1. The quantitative estimate of drug-likeness (QED) is 0.411. The Morgan fingerprint density at radius 2 is 1.62 bits per heavy atom. The van der Waals surface area contributed by atoms with Crippen LogP contribution in [0.3, 0.4) is 0 Å². The van der Waals surface area contributed by atoms with Crippen molar-refractivity contribution in [3.05, 3.63) is 48.3 Å². The summed E-state index contributed by atoms with van der Waals surface area (Å²) in [7, 11) is 1.56. The third kappa shape index (κ3) is 3.90. The van der Waals surface area contributed by atoms with Gasteiger partial charge in [-0.25, -0.2) is 14.6 Å². The van der Waals surface area contributed by atoms with E-state index in [2.05, 4.69) is 15.1 Å². The van der Waals surface area contributed by atoms with Gasteiger partial charge >= 0.3 is 12.4 Å². The molecule has 4 rings (SSSR count). The summed E-state index contributed by atoms with van der Waals surface area (Å²) < 4.78 is 85.1. The molecule has 2 aromatic carbocycles. The maximum Gasteiger partial charge on any atom is 0.428 e. The van der Waals surface area contributed by atoms with Gasteiger partial charge in [0.15, 0.2) is 5.65 Å². The Bertz CT molecular complexity index is 1350. The molecule has 0 spiro atoms. The van der Waals surface area contributed by atoms with Gasteiger partial charge in [-0.3, -0.25) is 0 Å². The Labute approximate surface area is 187 Å². The van der Waals surface area contributed by atoms with E-state index in [0.717, 1.165) is 22.7 Å². The molecule has 0 amide bonds. The Balaban J connectivity index is 1.88. The lowest BCUT2D eigenvalue weighted by Gasteiger charge is -2.32. The fourth-order valence-electron chi connectivity index (χ4n) is 3.60. The number of nitrogens with two attached hydrogens (primary N) is 1. The first kappa shape index (κ1) is 23.7. The van der Waals surface area contributed by atoms with E-state index >= 15 is 0 Å². The third-order valence-electron chi connectivity index (χ3n) is 5.36. The summed E-state index contributed by atoms with van der Waals surface area (Å²) in [5.41, 5.74) is 1.69. The van der Waals surface area contributed by atoms with Crippen molar-refractivity contribution >= 4 is 27.6 Å². The fourth-order valence-corrected chi connectivity index (χ4v) is 3.60. The van der Waals surface area contributed by atoms with Gasteiger partial charge in [0.2, 0.25) is 0 Å². The van der Waals surface area contributed by atoms with Crippen molar-refractivity contribution in [1.82, 2.24) is 19.7 Å². The van der Waals surface area contributed by atoms with Crippen molar-refractivity contribution in [1.29, 1.82) is 0 Å². The molecule has 180 valence electrons. The van der Waals surface area contributed by atoms with Crippen molar-refractivity contribution in [2.45, 2.75) is 31.1 Å². The molecule has 0 atom stereocenters. The highest BCUT2D eigenvalue weighted by atomic mass is 19.4. The molecule has 0 fully saturated rings. The van der Waals surface area contributed by atoms with Crippen molar-refractivity contribution in [3.63, 3.8) is 0 Å². The van der Waals surface area contributed by atoms with Crippen LogP contribution in [-0.2, 0) is 17.9 Å². The Morgan fingerprint density at radius 1 is 0.971 bits per heavy atom. The lowest BCUT2D eigenvalue weighted by molar-refractivity contribution is -0.372. The maximum absolute atomic E-state index is 13.3. The minimum Gasteiger partial charge on any atom is -0.383 e. The number of rotatable bonds is 5. The minimum absolute atomic E-state index is 0.0253. The standard InChI is InChI=1S/C21H17F6N5O2/c1-34-8-11-2-3-13-7-14(5-4-12(13)6-11)16-15-17(28)29-10-30-18(15)32(31-16)9-19(33,20(22,23)24)21(25,26)27/h2-7,10,33H,8-9H2,1H3,(H2,28,29,30). The summed E-state index contributed by atoms with van der Waals surface area (Å²) in [4.78, 5) is 7.57. The van der Waals surface area contributed by atoms with Crippen LogP contribution in [0.1, 0.15) is 5.56 Å². The molecular weight excluding hydrogens is 468 g/mol. The van der Waals surface area contributed by atoms with Crippen molar-refractivity contribution in [2.75, 3.05) is 12.8 Å². The van der Waals surface area contributed by atoms with Gasteiger partial charge in [-0.1, -0.05) is 24.3 Å². The van der Waals surface area contributed by atoms with E-state index in [4.69, 9.17) is 10.5 Å². The smallest absolute Gasteiger partial charge is 0.383 e. The van der Waals surface area contributed by atoms with Gasteiger partial charge in [-0.05, 0) is 28.5 Å². The number of ether oxygens (including phenoxy) is 1. The second-order valence-corrected chi connectivity index (χ2v) is 7.65. The molecule has 3 N–H and O–H groups in total. The average molecular weight is 485 g/mol. The molecule has 2 aromatic heterocycles. The Kier molecular flexibility index (Phi) is 5.64. The van der Waals surface area contributed by atoms with E-state index in [1.807, 2.05) is 12.1 Å². The van der Waals surface area contributed by atoms with Crippen molar-refractivity contribution in [3.8, 4) is 11.3 Å². The van der Waals surface area contributed by atoms with Crippen LogP contribution in [-0.4, -0.2) is 49.9 Å². The molecular formula is C21H17F6N5O2. The number of methoxy groups -OCH3 is 1. The van der Waals surface area contributed by atoms with E-state index in [1.165, 1.54) is 0 Å². The SMILES string of the molecule is COCc1ccc2cc(-c3nn(CC(O)(C(F)(F)F)C(F)(F)F)c4ncnc(N)c34)ccc2c1. The molecule has 4 aromatic rings. The summed E-state index contributed by atoms with van der Waals surface area (Å²) in [6, 6.07) is 10.5. The van der Waals surface area contributed by atoms with Crippen molar-refractivity contribution < 1.29 is 36.2 Å². The highest BCUT2D eigenvalue weighted by molar-refractivity contribution is 6.00. The molecule has 0 bridgehead atoms. The summed E-state index contributed by atoms with van der Waals surface area (Å²) in [6.07, 6.45) is -11.2. The van der Waals surface area contributed by atoms with Crippen LogP contribution in [0.2, 0.25) is 0 Å². The minimum atomic E-state index is -6.02. The molecule has 0 radical (unpaired) electrons. The largest absolute Gasteiger partial charge is 0.428 e. The van der Waals surface area contributed by atoms with Crippen LogP contribution in [0.15, 0.2) is 42.7 Å². The van der Waals surface area contributed by atoms with Gasteiger partial charge in [0.1, 0.15) is 17.8 Å². The molecule has 0 saturated heterocycles. The van der Waals surface area contributed by atoms with Gasteiger partial charge in [0, 0.05) is 12.7 Å². The Hall–Kier alpha value is -3.45. The topological polar surface area (TPSA) is 99.1 Å². The van der Waals surface area contributed by atoms with Gasteiger partial charge in [0.25, 0.3) is 5.60 Å². The third-order valence-corrected chi connectivity index (χ3v) is 5.36. The van der Waals surface area contributed by atoms with Gasteiger partial charge in [0.05, 0.1) is 18.5 Å². The lowest BCUT2D eigenvalue weighted by atomic mass is 10.0. The molecule has 2 heterocycles. The second-order valence-electron chi connectivity index (χ2n) is 7.65. The maximum atomic E-state index is 13.3. The number of benzene rings is 2. The number of fused-ring (bicyclic) bond motifs is 2. The summed E-state index contributed by atoms with van der Waals surface area (Å²) in [5.74, 6) is -0.190. The zero-order chi connectivity index (χ0) is 24.9. The number of nitrogen functional groups attached to an aromatic ring is 1. The van der Waals surface area contributed by atoms with Gasteiger partial charge in [-0.2, -0.15) is 31.4 Å². The molecule has 0 unspecified atom stereocenters. The van der Waals surface area contributed by atoms with E-state index in [0.29, 0.717) is 16.9 Å². The first-order valence-corrected chi connectivity index (χ1v) is 9.70.